The normalized spacial score (nSPS) is 26.8. The molecule has 1 aromatic carbocycles. The predicted octanol–water partition coefficient (Wildman–Crippen LogP) is 2.84. The molecule has 3 rings (SSSR count). The van der Waals surface area contributed by atoms with Crippen LogP contribution in [0.4, 0.5) is 13.2 Å². The van der Waals surface area contributed by atoms with Gasteiger partial charge in [0.2, 0.25) is 5.91 Å². The highest BCUT2D eigenvalue weighted by atomic mass is 19.4. The molecule has 3 atom stereocenters. The maximum absolute atomic E-state index is 12.4. The molecular weight excluding hydrogens is 311 g/mol. The van der Waals surface area contributed by atoms with Crippen LogP contribution in [0.3, 0.4) is 0 Å². The van der Waals surface area contributed by atoms with Crippen LogP contribution < -0.4 is 10.1 Å². The number of rotatable bonds is 5. The van der Waals surface area contributed by atoms with Gasteiger partial charge in [0, 0.05) is 25.0 Å². The molecule has 1 aliphatic carbocycles. The Morgan fingerprint density at radius 1 is 1.35 bits per heavy atom. The first kappa shape index (κ1) is 16.1. The molecular formula is C16H18F3NO3. The Labute approximate surface area is 132 Å². The van der Waals surface area contributed by atoms with Gasteiger partial charge in [0.05, 0.1) is 6.61 Å². The van der Waals surface area contributed by atoms with Crippen LogP contribution in [0.5, 0.6) is 5.75 Å². The Kier molecular flexibility index (Phi) is 4.48. The zero-order chi connectivity index (χ0) is 16.4. The van der Waals surface area contributed by atoms with E-state index in [2.05, 4.69) is 10.1 Å². The molecule has 0 radical (unpaired) electrons. The van der Waals surface area contributed by atoms with Gasteiger partial charge in [0.15, 0.2) is 0 Å². The van der Waals surface area contributed by atoms with Gasteiger partial charge < -0.3 is 14.8 Å². The SMILES string of the molecule is O=C(NC[C@@H]1CCOC1)[C@H]1C[C@H]1c1ccccc1OC(F)(F)F. The van der Waals surface area contributed by atoms with Gasteiger partial charge in [-0.1, -0.05) is 18.2 Å². The van der Waals surface area contributed by atoms with E-state index in [-0.39, 0.29) is 23.5 Å². The fraction of sp³-hybridized carbons (Fsp3) is 0.562. The first-order valence-electron chi connectivity index (χ1n) is 7.64. The summed E-state index contributed by atoms with van der Waals surface area (Å²) in [4.78, 5) is 12.1. The lowest BCUT2D eigenvalue weighted by molar-refractivity contribution is -0.274. The van der Waals surface area contributed by atoms with Crippen molar-refractivity contribution < 1.29 is 27.4 Å². The van der Waals surface area contributed by atoms with E-state index in [1.165, 1.54) is 12.1 Å². The largest absolute Gasteiger partial charge is 0.573 e. The topological polar surface area (TPSA) is 47.6 Å². The second kappa shape index (κ2) is 6.39. The van der Waals surface area contributed by atoms with Crippen LogP contribution in [-0.4, -0.2) is 32.0 Å². The molecule has 2 fully saturated rings. The van der Waals surface area contributed by atoms with Crippen molar-refractivity contribution in [3.63, 3.8) is 0 Å². The molecule has 1 heterocycles. The Balaban J connectivity index is 1.58. The molecule has 0 aromatic heterocycles. The molecule has 1 N–H and O–H groups in total. The third-order valence-electron chi connectivity index (χ3n) is 4.26. The van der Waals surface area contributed by atoms with E-state index in [0.29, 0.717) is 31.1 Å². The lowest BCUT2D eigenvalue weighted by atomic mass is 10.1. The zero-order valence-corrected chi connectivity index (χ0v) is 12.4. The van der Waals surface area contributed by atoms with Gasteiger partial charge in [-0.15, -0.1) is 13.2 Å². The molecule has 4 nitrogen and oxygen atoms in total. The van der Waals surface area contributed by atoms with Crippen molar-refractivity contribution in [2.24, 2.45) is 11.8 Å². The van der Waals surface area contributed by atoms with Gasteiger partial charge in [-0.2, -0.15) is 0 Å². The number of para-hydroxylation sites is 1. The van der Waals surface area contributed by atoms with Crippen molar-refractivity contribution in [1.82, 2.24) is 5.32 Å². The molecule has 0 bridgehead atoms. The molecule has 1 aliphatic heterocycles. The highest BCUT2D eigenvalue weighted by Gasteiger charge is 2.46. The molecule has 23 heavy (non-hydrogen) atoms. The second-order valence-corrected chi connectivity index (χ2v) is 6.01. The summed E-state index contributed by atoms with van der Waals surface area (Å²) in [6.07, 6.45) is -3.26. The molecule has 7 heteroatoms. The number of halogens is 3. The number of hydrogen-bond acceptors (Lipinski definition) is 3. The molecule has 126 valence electrons. The maximum atomic E-state index is 12.4. The second-order valence-electron chi connectivity index (χ2n) is 6.01. The Morgan fingerprint density at radius 2 is 2.13 bits per heavy atom. The summed E-state index contributed by atoms with van der Waals surface area (Å²) < 4.78 is 46.6. The molecule has 0 unspecified atom stereocenters. The van der Waals surface area contributed by atoms with Crippen LogP contribution in [0, 0.1) is 11.8 Å². The van der Waals surface area contributed by atoms with Gasteiger partial charge >= 0.3 is 6.36 Å². The Bertz CT molecular complexity index is 570. The third kappa shape index (κ3) is 4.16. The summed E-state index contributed by atoms with van der Waals surface area (Å²) >= 11 is 0. The fourth-order valence-electron chi connectivity index (χ4n) is 2.95. The number of hydrogen-bond donors (Lipinski definition) is 1. The lowest BCUT2D eigenvalue weighted by Crippen LogP contribution is -2.31. The molecule has 2 aliphatic rings. The summed E-state index contributed by atoms with van der Waals surface area (Å²) in [5.41, 5.74) is 0.439. The first-order chi connectivity index (χ1) is 10.9. The number of ether oxygens (including phenoxy) is 2. The summed E-state index contributed by atoms with van der Waals surface area (Å²) in [6.45, 7) is 1.92. The number of amides is 1. The highest BCUT2D eigenvalue weighted by Crippen LogP contribution is 2.51. The number of benzene rings is 1. The van der Waals surface area contributed by atoms with Crippen LogP contribution in [0.2, 0.25) is 0 Å². The lowest BCUT2D eigenvalue weighted by Gasteiger charge is -2.13. The van der Waals surface area contributed by atoms with Crippen LogP contribution in [0.25, 0.3) is 0 Å². The van der Waals surface area contributed by atoms with Crippen molar-refractivity contribution in [3.8, 4) is 5.75 Å². The van der Waals surface area contributed by atoms with Crippen molar-refractivity contribution in [2.75, 3.05) is 19.8 Å². The predicted molar refractivity (Wildman–Crippen MR) is 75.9 cm³/mol. The Hall–Kier alpha value is -1.76. The standard InChI is InChI=1S/C16H18F3NO3/c17-16(18,19)23-14-4-2-1-3-11(14)12-7-13(12)15(21)20-8-10-5-6-22-9-10/h1-4,10,12-13H,5-9H2,(H,20,21)/t10-,12-,13-/m0/s1. The zero-order valence-electron chi connectivity index (χ0n) is 12.4. The van der Waals surface area contributed by atoms with Crippen LogP contribution in [-0.2, 0) is 9.53 Å². The van der Waals surface area contributed by atoms with Crippen LogP contribution in [0.15, 0.2) is 24.3 Å². The number of alkyl halides is 3. The van der Waals surface area contributed by atoms with E-state index < -0.39 is 6.36 Å². The highest BCUT2D eigenvalue weighted by molar-refractivity contribution is 5.83. The molecule has 1 saturated carbocycles. The quantitative estimate of drug-likeness (QED) is 0.904. The monoisotopic (exact) mass is 329 g/mol. The Morgan fingerprint density at radius 3 is 2.83 bits per heavy atom. The number of carbonyl (C=O) groups is 1. The molecule has 1 amide bonds. The van der Waals surface area contributed by atoms with Crippen molar-refractivity contribution >= 4 is 5.91 Å². The summed E-state index contributed by atoms with van der Waals surface area (Å²) in [7, 11) is 0. The maximum Gasteiger partial charge on any atom is 0.573 e. The van der Waals surface area contributed by atoms with Gasteiger partial charge in [0.25, 0.3) is 0 Å². The smallest absolute Gasteiger partial charge is 0.405 e. The fourth-order valence-corrected chi connectivity index (χ4v) is 2.95. The van der Waals surface area contributed by atoms with Crippen molar-refractivity contribution in [1.29, 1.82) is 0 Å². The van der Waals surface area contributed by atoms with E-state index in [4.69, 9.17) is 4.74 Å². The minimum atomic E-state index is -4.73. The van der Waals surface area contributed by atoms with E-state index in [0.717, 1.165) is 13.0 Å². The van der Waals surface area contributed by atoms with E-state index >= 15 is 0 Å². The van der Waals surface area contributed by atoms with E-state index in [1.54, 1.807) is 12.1 Å². The average Bonchev–Trinajstić information content (AvgIpc) is 3.10. The summed E-state index contributed by atoms with van der Waals surface area (Å²) in [5, 5.41) is 2.87. The summed E-state index contributed by atoms with van der Waals surface area (Å²) in [6, 6.07) is 6.01. The van der Waals surface area contributed by atoms with Gasteiger partial charge in [-0.25, -0.2) is 0 Å². The van der Waals surface area contributed by atoms with Crippen molar-refractivity contribution in [2.45, 2.75) is 25.1 Å². The number of nitrogens with one attached hydrogen (secondary N) is 1. The average molecular weight is 329 g/mol. The van der Waals surface area contributed by atoms with Gasteiger partial charge in [-0.3, -0.25) is 4.79 Å². The summed E-state index contributed by atoms with van der Waals surface area (Å²) in [5.74, 6) is -0.492. The van der Waals surface area contributed by atoms with E-state index in [1.807, 2.05) is 0 Å². The molecule has 1 saturated heterocycles. The molecule has 0 spiro atoms. The minimum absolute atomic E-state index is 0.108. The van der Waals surface area contributed by atoms with Crippen molar-refractivity contribution in [3.05, 3.63) is 29.8 Å². The van der Waals surface area contributed by atoms with Gasteiger partial charge in [-0.05, 0) is 30.4 Å². The van der Waals surface area contributed by atoms with Gasteiger partial charge in [0.1, 0.15) is 5.75 Å². The first-order valence-corrected chi connectivity index (χ1v) is 7.64. The number of carbonyl (C=O) groups excluding carboxylic acids is 1. The van der Waals surface area contributed by atoms with Crippen LogP contribution >= 0.6 is 0 Å². The molecule has 1 aromatic rings. The third-order valence-corrected chi connectivity index (χ3v) is 4.26. The van der Waals surface area contributed by atoms with E-state index in [9.17, 15) is 18.0 Å². The minimum Gasteiger partial charge on any atom is -0.405 e. The van der Waals surface area contributed by atoms with Crippen LogP contribution in [0.1, 0.15) is 24.3 Å².